The first-order chi connectivity index (χ1) is 6.07. The Bertz CT molecular complexity index is 262. The van der Waals surface area contributed by atoms with Gasteiger partial charge in [-0.05, 0) is 6.42 Å². The molecule has 0 aliphatic carbocycles. The van der Waals surface area contributed by atoms with Gasteiger partial charge in [0, 0.05) is 6.42 Å². The minimum atomic E-state index is -1.18. The second-order valence-electron chi connectivity index (χ2n) is 2.63. The maximum absolute atomic E-state index is 11.1. The number of imide groups is 1. The van der Waals surface area contributed by atoms with E-state index in [0.29, 0.717) is 4.90 Å². The quantitative estimate of drug-likeness (QED) is 0.616. The predicted molar refractivity (Wildman–Crippen MR) is 39.9 cm³/mol. The monoisotopic (exact) mass is 187 g/mol. The summed E-state index contributed by atoms with van der Waals surface area (Å²) in [5.41, 5.74) is 0. The Labute approximate surface area is 74.1 Å². The first-order valence-electron chi connectivity index (χ1n) is 3.70. The van der Waals surface area contributed by atoms with Gasteiger partial charge in [-0.1, -0.05) is 0 Å². The molecule has 0 saturated carbocycles. The average Bonchev–Trinajstić information content (AvgIpc) is 2.46. The van der Waals surface area contributed by atoms with Crippen LogP contribution in [0, 0.1) is 0 Å². The first kappa shape index (κ1) is 9.50. The summed E-state index contributed by atoms with van der Waals surface area (Å²) in [5.74, 6) is -1.68. The fourth-order valence-corrected chi connectivity index (χ4v) is 1.24. The smallest absolute Gasteiger partial charge is 0.417 e. The molecule has 1 aliphatic heterocycles. The molecular formula is C7H9NO5. The third-order valence-corrected chi connectivity index (χ3v) is 1.87. The topological polar surface area (TPSA) is 83.9 Å². The molecule has 0 aromatic rings. The number of carbonyl (C=O) groups excluding carboxylic acids is 2. The van der Waals surface area contributed by atoms with E-state index in [1.54, 1.807) is 0 Å². The number of hydrogen-bond acceptors (Lipinski definition) is 4. The highest BCUT2D eigenvalue weighted by molar-refractivity contribution is 5.98. The molecule has 13 heavy (non-hydrogen) atoms. The summed E-state index contributed by atoms with van der Waals surface area (Å²) in [7, 11) is 1.10. The Morgan fingerprint density at radius 1 is 1.62 bits per heavy atom. The van der Waals surface area contributed by atoms with Crippen LogP contribution in [0.15, 0.2) is 0 Å². The van der Waals surface area contributed by atoms with Crippen molar-refractivity contribution in [3.63, 3.8) is 0 Å². The molecule has 2 amide bonds. The number of nitrogens with zero attached hydrogens (tertiary/aromatic N) is 1. The van der Waals surface area contributed by atoms with Crippen molar-refractivity contribution in [3.05, 3.63) is 0 Å². The van der Waals surface area contributed by atoms with Crippen molar-refractivity contribution in [2.45, 2.75) is 18.9 Å². The number of aliphatic carboxylic acids is 1. The number of hydrogen-bond donors (Lipinski definition) is 1. The van der Waals surface area contributed by atoms with E-state index in [9.17, 15) is 14.4 Å². The van der Waals surface area contributed by atoms with Crippen LogP contribution in [-0.4, -0.2) is 41.1 Å². The SMILES string of the molecule is COC(=O)N1C(=O)CCC1C(=O)O. The van der Waals surface area contributed by atoms with Crippen LogP contribution in [0.1, 0.15) is 12.8 Å². The Morgan fingerprint density at radius 3 is 2.69 bits per heavy atom. The van der Waals surface area contributed by atoms with Crippen molar-refractivity contribution in [1.82, 2.24) is 4.90 Å². The number of carboxylic acid groups (broad SMARTS) is 1. The molecule has 0 bridgehead atoms. The standard InChI is InChI=1S/C7H9NO5/c1-13-7(12)8-4(6(10)11)2-3-5(8)9/h4H,2-3H2,1H3,(H,10,11). The summed E-state index contributed by atoms with van der Waals surface area (Å²) < 4.78 is 4.29. The number of carbonyl (C=O) groups is 3. The van der Waals surface area contributed by atoms with Gasteiger partial charge in [0.05, 0.1) is 7.11 Å². The fraction of sp³-hybridized carbons (Fsp3) is 0.571. The predicted octanol–water partition coefficient (Wildman–Crippen LogP) is -0.172. The Kier molecular flexibility index (Phi) is 2.50. The summed E-state index contributed by atoms with van der Waals surface area (Å²) in [6.07, 6.45) is -0.676. The molecule has 6 heteroatoms. The summed E-state index contributed by atoms with van der Waals surface area (Å²) in [5, 5.41) is 8.64. The van der Waals surface area contributed by atoms with Crippen molar-refractivity contribution >= 4 is 18.0 Å². The van der Waals surface area contributed by atoms with E-state index in [1.807, 2.05) is 0 Å². The van der Waals surface area contributed by atoms with E-state index in [1.165, 1.54) is 0 Å². The number of methoxy groups -OCH3 is 1. The minimum Gasteiger partial charge on any atom is -0.480 e. The van der Waals surface area contributed by atoms with Crippen LogP contribution in [-0.2, 0) is 14.3 Å². The highest BCUT2D eigenvalue weighted by atomic mass is 16.5. The van der Waals surface area contributed by atoms with E-state index in [-0.39, 0.29) is 12.8 Å². The van der Waals surface area contributed by atoms with E-state index >= 15 is 0 Å². The van der Waals surface area contributed by atoms with E-state index < -0.39 is 24.0 Å². The lowest BCUT2D eigenvalue weighted by Crippen LogP contribution is -2.42. The zero-order chi connectivity index (χ0) is 10.0. The highest BCUT2D eigenvalue weighted by Gasteiger charge is 2.40. The maximum atomic E-state index is 11.1. The molecule has 1 fully saturated rings. The normalized spacial score (nSPS) is 21.8. The molecular weight excluding hydrogens is 178 g/mol. The van der Waals surface area contributed by atoms with Crippen LogP contribution < -0.4 is 0 Å². The van der Waals surface area contributed by atoms with Gasteiger partial charge < -0.3 is 9.84 Å². The van der Waals surface area contributed by atoms with Crippen molar-refractivity contribution < 1.29 is 24.2 Å². The van der Waals surface area contributed by atoms with Gasteiger partial charge in [0.2, 0.25) is 5.91 Å². The van der Waals surface area contributed by atoms with Crippen molar-refractivity contribution in [3.8, 4) is 0 Å². The summed E-state index contributed by atoms with van der Waals surface area (Å²) in [6, 6.07) is -1.07. The molecule has 0 spiro atoms. The fourth-order valence-electron chi connectivity index (χ4n) is 1.24. The van der Waals surface area contributed by atoms with Crippen LogP contribution in [0.2, 0.25) is 0 Å². The van der Waals surface area contributed by atoms with Crippen LogP contribution in [0.25, 0.3) is 0 Å². The van der Waals surface area contributed by atoms with Gasteiger partial charge in [0.1, 0.15) is 6.04 Å². The Balaban J connectivity index is 2.83. The summed E-state index contributed by atoms with van der Waals surface area (Å²) in [6.45, 7) is 0. The molecule has 1 N–H and O–H groups in total. The number of likely N-dealkylation sites (tertiary alicyclic amines) is 1. The van der Waals surface area contributed by atoms with Crippen LogP contribution in [0.4, 0.5) is 4.79 Å². The number of ether oxygens (including phenoxy) is 1. The number of carboxylic acids is 1. The van der Waals surface area contributed by atoms with Gasteiger partial charge in [0.15, 0.2) is 0 Å². The van der Waals surface area contributed by atoms with Gasteiger partial charge >= 0.3 is 12.1 Å². The lowest BCUT2D eigenvalue weighted by molar-refractivity contribution is -0.144. The van der Waals surface area contributed by atoms with Crippen molar-refractivity contribution in [2.24, 2.45) is 0 Å². The van der Waals surface area contributed by atoms with Crippen LogP contribution >= 0.6 is 0 Å². The zero-order valence-corrected chi connectivity index (χ0v) is 7.02. The lowest BCUT2D eigenvalue weighted by Gasteiger charge is -2.17. The van der Waals surface area contributed by atoms with Gasteiger partial charge in [0.25, 0.3) is 0 Å². The third kappa shape index (κ3) is 1.61. The molecule has 1 heterocycles. The molecule has 1 rings (SSSR count). The van der Waals surface area contributed by atoms with Gasteiger partial charge in [-0.2, -0.15) is 0 Å². The minimum absolute atomic E-state index is 0.0755. The largest absolute Gasteiger partial charge is 0.480 e. The third-order valence-electron chi connectivity index (χ3n) is 1.87. The Morgan fingerprint density at radius 2 is 2.23 bits per heavy atom. The van der Waals surface area contributed by atoms with Crippen LogP contribution in [0.5, 0.6) is 0 Å². The highest BCUT2D eigenvalue weighted by Crippen LogP contribution is 2.19. The summed E-state index contributed by atoms with van der Waals surface area (Å²) >= 11 is 0. The molecule has 1 saturated heterocycles. The lowest BCUT2D eigenvalue weighted by atomic mass is 10.2. The molecule has 1 unspecified atom stereocenters. The molecule has 0 aromatic heterocycles. The Hall–Kier alpha value is -1.59. The summed E-state index contributed by atoms with van der Waals surface area (Å²) in [4.78, 5) is 33.2. The van der Waals surface area contributed by atoms with Crippen LogP contribution in [0.3, 0.4) is 0 Å². The van der Waals surface area contributed by atoms with E-state index in [0.717, 1.165) is 7.11 Å². The molecule has 0 radical (unpaired) electrons. The maximum Gasteiger partial charge on any atom is 0.417 e. The van der Waals surface area contributed by atoms with Crippen molar-refractivity contribution in [2.75, 3.05) is 7.11 Å². The second-order valence-corrected chi connectivity index (χ2v) is 2.63. The van der Waals surface area contributed by atoms with Gasteiger partial charge in [-0.15, -0.1) is 0 Å². The number of amides is 2. The first-order valence-corrected chi connectivity index (χ1v) is 3.70. The molecule has 6 nitrogen and oxygen atoms in total. The average molecular weight is 187 g/mol. The molecule has 72 valence electrons. The molecule has 1 aliphatic rings. The second kappa shape index (κ2) is 3.42. The molecule has 1 atom stereocenters. The van der Waals surface area contributed by atoms with Gasteiger partial charge in [-0.3, -0.25) is 4.79 Å². The number of rotatable bonds is 1. The van der Waals surface area contributed by atoms with Gasteiger partial charge in [-0.25, -0.2) is 14.5 Å². The zero-order valence-electron chi connectivity index (χ0n) is 7.02. The van der Waals surface area contributed by atoms with E-state index in [4.69, 9.17) is 5.11 Å². The molecule has 0 aromatic carbocycles. The van der Waals surface area contributed by atoms with E-state index in [2.05, 4.69) is 4.74 Å². The van der Waals surface area contributed by atoms with Crippen molar-refractivity contribution in [1.29, 1.82) is 0 Å².